The van der Waals surface area contributed by atoms with Gasteiger partial charge < -0.3 is 14.6 Å². The average Bonchev–Trinajstić information content (AvgIpc) is 3.07. The van der Waals surface area contributed by atoms with Crippen molar-refractivity contribution in [1.82, 2.24) is 14.9 Å². The number of ether oxygens (including phenoxy) is 1. The minimum atomic E-state index is -0.234. The van der Waals surface area contributed by atoms with Crippen molar-refractivity contribution in [2.24, 2.45) is 0 Å². The summed E-state index contributed by atoms with van der Waals surface area (Å²) in [7, 11) is 1.67. The molecule has 0 aliphatic rings. The van der Waals surface area contributed by atoms with Crippen LogP contribution in [-0.2, 0) is 19.4 Å². The van der Waals surface area contributed by atoms with Gasteiger partial charge in [0.05, 0.1) is 12.8 Å². The Morgan fingerprint density at radius 3 is 2.36 bits per heavy atom. The summed E-state index contributed by atoms with van der Waals surface area (Å²) in [5.41, 5.74) is 4.23. The van der Waals surface area contributed by atoms with E-state index in [2.05, 4.69) is 35.9 Å². The van der Waals surface area contributed by atoms with Gasteiger partial charge in [0, 0.05) is 37.2 Å². The molecule has 4 nitrogen and oxygen atoms in total. The Morgan fingerprint density at radius 1 is 1.04 bits per heavy atom. The van der Waals surface area contributed by atoms with Gasteiger partial charge in [-0.1, -0.05) is 26.0 Å². The molecule has 0 radical (unpaired) electrons. The Hall–Kier alpha value is -2.66. The number of hydrogen-bond acceptors (Lipinski definition) is 3. The molecule has 0 saturated heterocycles. The van der Waals surface area contributed by atoms with Crippen LogP contribution in [0.5, 0.6) is 5.75 Å². The van der Waals surface area contributed by atoms with Crippen molar-refractivity contribution in [2.75, 3.05) is 20.2 Å². The first-order chi connectivity index (χ1) is 13.7. The zero-order valence-corrected chi connectivity index (χ0v) is 16.8. The molecule has 0 fully saturated rings. The molecular formula is C23H28FN3O. The number of benzene rings is 2. The third-order valence-electron chi connectivity index (χ3n) is 4.88. The van der Waals surface area contributed by atoms with Crippen molar-refractivity contribution >= 4 is 0 Å². The summed E-state index contributed by atoms with van der Waals surface area (Å²) < 4.78 is 21.0. The normalized spacial score (nSPS) is 11.0. The Labute approximate surface area is 166 Å². The van der Waals surface area contributed by atoms with Crippen LogP contribution in [0.2, 0.25) is 0 Å². The molecule has 0 amide bonds. The molecule has 0 unspecified atom stereocenters. The van der Waals surface area contributed by atoms with Crippen LogP contribution in [0.25, 0.3) is 11.3 Å². The number of aromatic nitrogens is 2. The topological polar surface area (TPSA) is 39.1 Å². The highest BCUT2D eigenvalue weighted by atomic mass is 19.1. The first-order valence-electron chi connectivity index (χ1n) is 9.84. The van der Waals surface area contributed by atoms with Crippen LogP contribution >= 0.6 is 0 Å². The quantitative estimate of drug-likeness (QED) is 0.556. The van der Waals surface area contributed by atoms with E-state index in [0.717, 1.165) is 61.0 Å². The summed E-state index contributed by atoms with van der Waals surface area (Å²) in [5.74, 6) is 1.67. The number of imidazole rings is 1. The fraction of sp³-hybridized carbons (Fsp3) is 0.348. The Balaban J connectivity index is 2.03. The van der Waals surface area contributed by atoms with Gasteiger partial charge in [-0.15, -0.1) is 0 Å². The van der Waals surface area contributed by atoms with Gasteiger partial charge in [0.15, 0.2) is 0 Å². The van der Waals surface area contributed by atoms with Crippen LogP contribution in [0, 0.1) is 5.82 Å². The molecule has 0 aliphatic heterocycles. The molecule has 0 aliphatic carbocycles. The largest absolute Gasteiger partial charge is 0.497 e. The van der Waals surface area contributed by atoms with E-state index in [4.69, 9.17) is 9.72 Å². The Morgan fingerprint density at radius 2 is 1.75 bits per heavy atom. The van der Waals surface area contributed by atoms with Crippen molar-refractivity contribution in [3.05, 3.63) is 71.4 Å². The molecule has 0 saturated carbocycles. The van der Waals surface area contributed by atoms with Crippen LogP contribution in [-0.4, -0.2) is 29.8 Å². The second-order valence-corrected chi connectivity index (χ2v) is 6.71. The van der Waals surface area contributed by atoms with E-state index in [1.807, 2.05) is 24.3 Å². The number of halogens is 1. The fourth-order valence-corrected chi connectivity index (χ4v) is 3.39. The van der Waals surface area contributed by atoms with Crippen LogP contribution in [0.15, 0.2) is 48.5 Å². The van der Waals surface area contributed by atoms with E-state index in [0.29, 0.717) is 0 Å². The van der Waals surface area contributed by atoms with Crippen LogP contribution < -0.4 is 10.1 Å². The fourth-order valence-electron chi connectivity index (χ4n) is 3.39. The maximum absolute atomic E-state index is 13.4. The van der Waals surface area contributed by atoms with Gasteiger partial charge in [0.25, 0.3) is 0 Å². The summed E-state index contributed by atoms with van der Waals surface area (Å²) in [6.07, 6.45) is 1.61. The van der Waals surface area contributed by atoms with E-state index in [1.54, 1.807) is 7.11 Å². The molecule has 0 atom stereocenters. The highest BCUT2D eigenvalue weighted by Gasteiger charge is 2.18. The molecule has 1 heterocycles. The third-order valence-corrected chi connectivity index (χ3v) is 4.88. The van der Waals surface area contributed by atoms with Gasteiger partial charge in [-0.05, 0) is 48.5 Å². The molecule has 3 rings (SSSR count). The Kier molecular flexibility index (Phi) is 6.82. The zero-order chi connectivity index (χ0) is 19.9. The standard InChI is InChI=1S/C23H28FN3O/c1-4-22-26-23(18-8-10-19(24)11-9-18)21(27(22)15-14-25-5-2)16-17-6-12-20(28-3)13-7-17/h6-13,25H,4-5,14-16H2,1-3H3. The number of rotatable bonds is 9. The SMILES string of the molecule is CCNCCn1c(CC)nc(-c2ccc(F)cc2)c1Cc1ccc(OC)cc1. The lowest BCUT2D eigenvalue weighted by Gasteiger charge is -2.13. The van der Waals surface area contributed by atoms with Gasteiger partial charge in [0.1, 0.15) is 17.4 Å². The summed E-state index contributed by atoms with van der Waals surface area (Å²) in [6.45, 7) is 6.92. The number of nitrogens with one attached hydrogen (secondary N) is 1. The molecule has 148 valence electrons. The summed E-state index contributed by atoms with van der Waals surface area (Å²) >= 11 is 0. The molecule has 1 N–H and O–H groups in total. The van der Waals surface area contributed by atoms with Crippen LogP contribution in [0.1, 0.15) is 30.9 Å². The number of hydrogen-bond donors (Lipinski definition) is 1. The van der Waals surface area contributed by atoms with Crippen molar-refractivity contribution in [3.8, 4) is 17.0 Å². The Bertz CT molecular complexity index is 885. The molecule has 0 bridgehead atoms. The third kappa shape index (κ3) is 4.60. The molecular weight excluding hydrogens is 353 g/mol. The molecule has 28 heavy (non-hydrogen) atoms. The highest BCUT2D eigenvalue weighted by molar-refractivity contribution is 5.63. The lowest BCUT2D eigenvalue weighted by molar-refractivity contribution is 0.414. The predicted molar refractivity (Wildman–Crippen MR) is 111 cm³/mol. The van der Waals surface area contributed by atoms with Crippen molar-refractivity contribution < 1.29 is 9.13 Å². The first kappa shape index (κ1) is 20.1. The molecule has 3 aromatic rings. The minimum absolute atomic E-state index is 0.234. The summed E-state index contributed by atoms with van der Waals surface area (Å²) in [6, 6.07) is 14.7. The highest BCUT2D eigenvalue weighted by Crippen LogP contribution is 2.28. The number of nitrogens with zero attached hydrogens (tertiary/aromatic N) is 2. The summed E-state index contributed by atoms with van der Waals surface area (Å²) in [5, 5.41) is 3.40. The first-order valence-corrected chi connectivity index (χ1v) is 9.84. The van der Waals surface area contributed by atoms with E-state index in [9.17, 15) is 4.39 Å². The predicted octanol–water partition coefficient (Wildman–Crippen LogP) is 4.46. The van der Waals surface area contributed by atoms with E-state index >= 15 is 0 Å². The van der Waals surface area contributed by atoms with Gasteiger partial charge >= 0.3 is 0 Å². The number of methoxy groups -OCH3 is 1. The van der Waals surface area contributed by atoms with E-state index in [1.165, 1.54) is 17.7 Å². The van der Waals surface area contributed by atoms with Gasteiger partial charge in [-0.25, -0.2) is 9.37 Å². The zero-order valence-electron chi connectivity index (χ0n) is 16.8. The van der Waals surface area contributed by atoms with Crippen LogP contribution in [0.3, 0.4) is 0 Å². The molecule has 0 spiro atoms. The van der Waals surface area contributed by atoms with Gasteiger partial charge in [-0.2, -0.15) is 0 Å². The van der Waals surface area contributed by atoms with Gasteiger partial charge in [0.2, 0.25) is 0 Å². The van der Waals surface area contributed by atoms with E-state index in [-0.39, 0.29) is 5.82 Å². The van der Waals surface area contributed by atoms with Crippen molar-refractivity contribution in [3.63, 3.8) is 0 Å². The summed E-state index contributed by atoms with van der Waals surface area (Å²) in [4.78, 5) is 4.93. The number of likely N-dealkylation sites (N-methyl/N-ethyl adjacent to an activating group) is 1. The monoisotopic (exact) mass is 381 g/mol. The lowest BCUT2D eigenvalue weighted by Crippen LogP contribution is -2.21. The second kappa shape index (κ2) is 9.51. The molecule has 5 heteroatoms. The van der Waals surface area contributed by atoms with E-state index < -0.39 is 0 Å². The molecule has 2 aromatic carbocycles. The molecule has 1 aromatic heterocycles. The number of aryl methyl sites for hydroxylation is 1. The average molecular weight is 381 g/mol. The second-order valence-electron chi connectivity index (χ2n) is 6.71. The lowest BCUT2D eigenvalue weighted by atomic mass is 10.0. The van der Waals surface area contributed by atoms with Gasteiger partial charge in [-0.3, -0.25) is 0 Å². The van der Waals surface area contributed by atoms with Crippen LogP contribution in [0.4, 0.5) is 4.39 Å². The van der Waals surface area contributed by atoms with Crippen molar-refractivity contribution in [2.45, 2.75) is 33.2 Å². The minimum Gasteiger partial charge on any atom is -0.497 e. The smallest absolute Gasteiger partial charge is 0.123 e. The van der Waals surface area contributed by atoms with Crippen molar-refractivity contribution in [1.29, 1.82) is 0 Å². The maximum atomic E-state index is 13.4. The maximum Gasteiger partial charge on any atom is 0.123 e.